The number of nitrogens with one attached hydrogen (secondary N) is 1. The van der Waals surface area contributed by atoms with Crippen LogP contribution in [-0.4, -0.2) is 45.6 Å². The van der Waals surface area contributed by atoms with E-state index in [1.54, 1.807) is 4.80 Å². The molecule has 2 fully saturated rings. The molecular weight excluding hydrogens is 262 g/mol. The Morgan fingerprint density at radius 1 is 1.19 bits per heavy atom. The van der Waals surface area contributed by atoms with Crippen molar-refractivity contribution in [2.75, 3.05) is 19.6 Å². The van der Waals surface area contributed by atoms with Crippen LogP contribution >= 0.6 is 0 Å². The quantitative estimate of drug-likeness (QED) is 0.926. The minimum absolute atomic E-state index is 0.751. The first-order valence-electron chi connectivity index (χ1n) is 7.81. The summed E-state index contributed by atoms with van der Waals surface area (Å²) in [6.45, 7) is 4.45. The van der Waals surface area contributed by atoms with Gasteiger partial charge in [0.2, 0.25) is 0 Å². The fourth-order valence-corrected chi connectivity index (χ4v) is 3.55. The van der Waals surface area contributed by atoms with Gasteiger partial charge in [0, 0.05) is 25.7 Å². The first kappa shape index (κ1) is 13.0. The van der Waals surface area contributed by atoms with Crippen LogP contribution in [0.25, 0.3) is 5.69 Å². The summed E-state index contributed by atoms with van der Waals surface area (Å²) in [4.78, 5) is 4.24. The number of aromatic nitrogens is 3. The maximum absolute atomic E-state index is 4.61. The van der Waals surface area contributed by atoms with E-state index < -0.39 is 0 Å². The molecule has 2 unspecified atom stereocenters. The molecule has 3 heterocycles. The summed E-state index contributed by atoms with van der Waals surface area (Å²) in [5.74, 6) is 0.822. The number of hydrogen-bond donors (Lipinski definition) is 1. The fourth-order valence-electron chi connectivity index (χ4n) is 3.55. The van der Waals surface area contributed by atoms with Crippen molar-refractivity contribution in [1.29, 1.82) is 0 Å². The normalized spacial score (nSPS) is 25.9. The van der Waals surface area contributed by atoms with Crippen molar-refractivity contribution in [1.82, 2.24) is 25.2 Å². The third-order valence-corrected chi connectivity index (χ3v) is 4.65. The van der Waals surface area contributed by atoms with Gasteiger partial charge in [-0.05, 0) is 37.4 Å². The Labute approximate surface area is 125 Å². The Morgan fingerprint density at radius 3 is 3.00 bits per heavy atom. The monoisotopic (exact) mass is 283 g/mol. The van der Waals surface area contributed by atoms with Crippen LogP contribution in [0.1, 0.15) is 18.5 Å². The summed E-state index contributed by atoms with van der Waals surface area (Å²) in [7, 11) is 0. The van der Waals surface area contributed by atoms with Gasteiger partial charge in [0.1, 0.15) is 0 Å². The molecule has 2 aromatic rings. The number of fused-ring (bicyclic) bond motifs is 1. The van der Waals surface area contributed by atoms with E-state index >= 15 is 0 Å². The first-order chi connectivity index (χ1) is 10.4. The Balaban J connectivity index is 1.42. The molecule has 0 spiro atoms. The van der Waals surface area contributed by atoms with E-state index in [-0.39, 0.29) is 0 Å². The molecule has 0 bridgehead atoms. The SMILES string of the molecule is c1ccc(-n2ncc(CN3CCC4NCCC4C3)n2)cc1. The lowest BCUT2D eigenvalue weighted by molar-refractivity contribution is 0.154. The van der Waals surface area contributed by atoms with Crippen molar-refractivity contribution in [2.45, 2.75) is 25.4 Å². The van der Waals surface area contributed by atoms with E-state index in [2.05, 4.69) is 20.4 Å². The number of piperidine rings is 1. The highest BCUT2D eigenvalue weighted by Gasteiger charge is 2.32. The lowest BCUT2D eigenvalue weighted by Gasteiger charge is -2.34. The van der Waals surface area contributed by atoms with Gasteiger partial charge in [0.15, 0.2) is 0 Å². The second kappa shape index (κ2) is 5.58. The molecule has 5 nitrogen and oxygen atoms in total. The van der Waals surface area contributed by atoms with Gasteiger partial charge in [-0.2, -0.15) is 15.0 Å². The molecule has 1 N–H and O–H groups in total. The summed E-state index contributed by atoms with van der Waals surface area (Å²) in [5, 5.41) is 12.6. The molecule has 4 rings (SSSR count). The molecule has 2 saturated heterocycles. The highest BCUT2D eigenvalue weighted by atomic mass is 15.5. The molecule has 0 aliphatic carbocycles. The molecule has 1 aromatic carbocycles. The molecule has 5 heteroatoms. The Kier molecular flexibility index (Phi) is 3.45. The summed E-state index contributed by atoms with van der Waals surface area (Å²) in [5.41, 5.74) is 2.07. The van der Waals surface area contributed by atoms with E-state index in [1.807, 2.05) is 36.5 Å². The average molecular weight is 283 g/mol. The summed E-state index contributed by atoms with van der Waals surface area (Å²) < 4.78 is 0. The minimum Gasteiger partial charge on any atom is -0.314 e. The lowest BCUT2D eigenvalue weighted by atomic mass is 9.93. The molecule has 21 heavy (non-hydrogen) atoms. The van der Waals surface area contributed by atoms with Gasteiger partial charge in [-0.25, -0.2) is 0 Å². The largest absolute Gasteiger partial charge is 0.314 e. The van der Waals surface area contributed by atoms with Gasteiger partial charge in [0.25, 0.3) is 0 Å². The summed E-state index contributed by atoms with van der Waals surface area (Å²) in [6, 6.07) is 10.8. The Bertz CT molecular complexity index is 594. The molecule has 2 aliphatic rings. The van der Waals surface area contributed by atoms with Gasteiger partial charge >= 0.3 is 0 Å². The zero-order valence-corrected chi connectivity index (χ0v) is 12.2. The Hall–Kier alpha value is -1.72. The summed E-state index contributed by atoms with van der Waals surface area (Å²) in [6.07, 6.45) is 4.47. The molecule has 110 valence electrons. The number of likely N-dealkylation sites (tertiary alicyclic amines) is 1. The number of nitrogens with zero attached hydrogens (tertiary/aromatic N) is 4. The van der Waals surface area contributed by atoms with Gasteiger partial charge in [-0.3, -0.25) is 4.90 Å². The maximum Gasteiger partial charge on any atom is 0.0971 e. The van der Waals surface area contributed by atoms with Crippen LogP contribution in [0.4, 0.5) is 0 Å². The second-order valence-corrected chi connectivity index (χ2v) is 6.09. The average Bonchev–Trinajstić information content (AvgIpc) is 3.17. The van der Waals surface area contributed by atoms with Crippen molar-refractivity contribution in [3.8, 4) is 5.69 Å². The van der Waals surface area contributed by atoms with Crippen LogP contribution in [0.2, 0.25) is 0 Å². The van der Waals surface area contributed by atoms with Crippen LogP contribution in [-0.2, 0) is 6.54 Å². The van der Waals surface area contributed by atoms with Gasteiger partial charge < -0.3 is 5.32 Å². The molecule has 0 radical (unpaired) electrons. The van der Waals surface area contributed by atoms with E-state index in [4.69, 9.17) is 0 Å². The molecule has 0 saturated carbocycles. The van der Waals surface area contributed by atoms with Crippen LogP contribution in [0.3, 0.4) is 0 Å². The number of benzene rings is 1. The number of para-hydroxylation sites is 1. The van der Waals surface area contributed by atoms with E-state index in [0.717, 1.165) is 36.4 Å². The second-order valence-electron chi connectivity index (χ2n) is 6.09. The first-order valence-corrected chi connectivity index (χ1v) is 7.81. The maximum atomic E-state index is 4.61. The molecule has 0 amide bonds. The molecule has 2 aliphatic heterocycles. The third kappa shape index (κ3) is 2.71. The number of hydrogen-bond acceptors (Lipinski definition) is 4. The van der Waals surface area contributed by atoms with E-state index in [9.17, 15) is 0 Å². The van der Waals surface area contributed by atoms with Crippen molar-refractivity contribution in [2.24, 2.45) is 5.92 Å². The van der Waals surface area contributed by atoms with Crippen LogP contribution < -0.4 is 5.32 Å². The number of rotatable bonds is 3. The fraction of sp³-hybridized carbons (Fsp3) is 0.500. The highest BCUT2D eigenvalue weighted by Crippen LogP contribution is 2.25. The predicted octanol–water partition coefficient (Wildman–Crippen LogP) is 1.45. The van der Waals surface area contributed by atoms with Crippen molar-refractivity contribution >= 4 is 0 Å². The van der Waals surface area contributed by atoms with Crippen LogP contribution in [0, 0.1) is 5.92 Å². The third-order valence-electron chi connectivity index (χ3n) is 4.65. The topological polar surface area (TPSA) is 46.0 Å². The van der Waals surface area contributed by atoms with Gasteiger partial charge in [-0.1, -0.05) is 18.2 Å². The van der Waals surface area contributed by atoms with E-state index in [0.29, 0.717) is 0 Å². The van der Waals surface area contributed by atoms with Crippen molar-refractivity contribution in [3.05, 3.63) is 42.2 Å². The molecule has 1 aromatic heterocycles. The molecular formula is C16H21N5. The molecule has 2 atom stereocenters. The highest BCUT2D eigenvalue weighted by molar-refractivity contribution is 5.28. The zero-order chi connectivity index (χ0) is 14.1. The smallest absolute Gasteiger partial charge is 0.0971 e. The lowest BCUT2D eigenvalue weighted by Crippen LogP contribution is -2.43. The van der Waals surface area contributed by atoms with Crippen molar-refractivity contribution in [3.63, 3.8) is 0 Å². The van der Waals surface area contributed by atoms with Crippen LogP contribution in [0.15, 0.2) is 36.5 Å². The van der Waals surface area contributed by atoms with Gasteiger partial charge in [-0.15, -0.1) is 0 Å². The van der Waals surface area contributed by atoms with Gasteiger partial charge in [0.05, 0.1) is 17.6 Å². The Morgan fingerprint density at radius 2 is 2.10 bits per heavy atom. The van der Waals surface area contributed by atoms with E-state index in [1.165, 1.54) is 25.9 Å². The predicted molar refractivity (Wildman–Crippen MR) is 81.2 cm³/mol. The summed E-state index contributed by atoms with van der Waals surface area (Å²) >= 11 is 0. The standard InChI is InChI=1S/C16H21N5/c1-2-4-15(5-3-1)21-18-10-14(19-21)12-20-9-7-16-13(11-20)6-8-17-16/h1-5,10,13,16-17H,6-9,11-12H2. The zero-order valence-electron chi connectivity index (χ0n) is 12.2. The van der Waals surface area contributed by atoms with Crippen molar-refractivity contribution < 1.29 is 0 Å². The minimum atomic E-state index is 0.751. The van der Waals surface area contributed by atoms with Crippen LogP contribution in [0.5, 0.6) is 0 Å².